The Bertz CT molecular complexity index is 445. The molecule has 0 spiro atoms. The smallest absolute Gasteiger partial charge is 0.221 e. The number of carbonyl (C=O) groups excluding carboxylic acids is 1. The Labute approximate surface area is 120 Å². The Hall–Kier alpha value is -1.40. The maximum Gasteiger partial charge on any atom is 0.221 e. The summed E-state index contributed by atoms with van der Waals surface area (Å²) < 4.78 is 1.86. The van der Waals surface area contributed by atoms with Gasteiger partial charge < -0.3 is 15.1 Å². The van der Waals surface area contributed by atoms with Crippen molar-refractivity contribution in [1.82, 2.24) is 24.9 Å². The van der Waals surface area contributed by atoms with E-state index >= 15 is 0 Å². The SMILES string of the molecule is Cc1ccn(CCNC(=O)CC2CN(C)CCN2C)n1. The van der Waals surface area contributed by atoms with Crippen LogP contribution in [-0.2, 0) is 11.3 Å². The summed E-state index contributed by atoms with van der Waals surface area (Å²) in [4.78, 5) is 16.5. The van der Waals surface area contributed by atoms with Gasteiger partial charge in [-0.05, 0) is 27.1 Å². The lowest BCUT2D eigenvalue weighted by Crippen LogP contribution is -2.51. The summed E-state index contributed by atoms with van der Waals surface area (Å²) in [5.41, 5.74) is 1.00. The molecule has 112 valence electrons. The van der Waals surface area contributed by atoms with Crippen LogP contribution in [0.15, 0.2) is 12.3 Å². The fourth-order valence-electron chi connectivity index (χ4n) is 2.51. The van der Waals surface area contributed by atoms with Gasteiger partial charge in [0.05, 0.1) is 12.2 Å². The van der Waals surface area contributed by atoms with Crippen molar-refractivity contribution < 1.29 is 4.79 Å². The number of aryl methyl sites for hydroxylation is 1. The lowest BCUT2D eigenvalue weighted by Gasteiger charge is -2.37. The fraction of sp³-hybridized carbons (Fsp3) is 0.714. The number of piperazine rings is 1. The van der Waals surface area contributed by atoms with E-state index < -0.39 is 0 Å². The lowest BCUT2D eigenvalue weighted by atomic mass is 10.1. The van der Waals surface area contributed by atoms with Crippen molar-refractivity contribution in [3.05, 3.63) is 18.0 Å². The van der Waals surface area contributed by atoms with E-state index in [1.54, 1.807) is 0 Å². The zero-order chi connectivity index (χ0) is 14.5. The predicted molar refractivity (Wildman–Crippen MR) is 78.5 cm³/mol. The minimum absolute atomic E-state index is 0.126. The molecular weight excluding hydrogens is 254 g/mol. The van der Waals surface area contributed by atoms with Crippen LogP contribution >= 0.6 is 0 Å². The van der Waals surface area contributed by atoms with Gasteiger partial charge in [0.1, 0.15) is 0 Å². The number of nitrogens with zero attached hydrogens (tertiary/aromatic N) is 4. The third-order valence-electron chi connectivity index (χ3n) is 3.84. The molecule has 0 aromatic carbocycles. The van der Waals surface area contributed by atoms with Gasteiger partial charge >= 0.3 is 0 Å². The first-order valence-electron chi connectivity index (χ1n) is 7.20. The summed E-state index contributed by atoms with van der Waals surface area (Å²) in [5, 5.41) is 7.27. The molecule has 1 unspecified atom stereocenters. The van der Waals surface area contributed by atoms with E-state index in [4.69, 9.17) is 0 Å². The molecule has 1 saturated heterocycles. The van der Waals surface area contributed by atoms with E-state index in [9.17, 15) is 4.79 Å². The van der Waals surface area contributed by atoms with Crippen LogP contribution in [0.5, 0.6) is 0 Å². The van der Waals surface area contributed by atoms with E-state index in [2.05, 4.69) is 34.3 Å². The first kappa shape index (κ1) is 15.0. The predicted octanol–water partition coefficient (Wildman–Crippen LogP) is -0.0564. The molecular formula is C14H25N5O. The molecule has 1 aliphatic rings. The fourth-order valence-corrected chi connectivity index (χ4v) is 2.51. The number of rotatable bonds is 5. The molecule has 1 amide bonds. The van der Waals surface area contributed by atoms with Crippen molar-refractivity contribution in [3.8, 4) is 0 Å². The second-order valence-electron chi connectivity index (χ2n) is 5.67. The first-order chi connectivity index (χ1) is 9.54. The van der Waals surface area contributed by atoms with Gasteiger partial charge in [-0.15, -0.1) is 0 Å². The zero-order valence-electron chi connectivity index (χ0n) is 12.7. The van der Waals surface area contributed by atoms with Crippen molar-refractivity contribution in [1.29, 1.82) is 0 Å². The average Bonchev–Trinajstić information content (AvgIpc) is 2.80. The minimum atomic E-state index is 0.126. The highest BCUT2D eigenvalue weighted by molar-refractivity contribution is 5.76. The zero-order valence-corrected chi connectivity index (χ0v) is 12.7. The molecule has 1 aromatic heterocycles. The molecule has 0 bridgehead atoms. The van der Waals surface area contributed by atoms with Gasteiger partial charge in [0.2, 0.25) is 5.91 Å². The van der Waals surface area contributed by atoms with Crippen molar-refractivity contribution >= 4 is 5.91 Å². The monoisotopic (exact) mass is 279 g/mol. The topological polar surface area (TPSA) is 53.4 Å². The number of hydrogen-bond donors (Lipinski definition) is 1. The van der Waals surface area contributed by atoms with Crippen LogP contribution in [0.3, 0.4) is 0 Å². The van der Waals surface area contributed by atoms with Crippen molar-refractivity contribution in [2.45, 2.75) is 25.9 Å². The van der Waals surface area contributed by atoms with E-state index in [0.717, 1.165) is 31.9 Å². The van der Waals surface area contributed by atoms with E-state index in [0.29, 0.717) is 19.0 Å². The number of aromatic nitrogens is 2. The first-order valence-corrected chi connectivity index (χ1v) is 7.20. The van der Waals surface area contributed by atoms with Crippen molar-refractivity contribution in [2.75, 3.05) is 40.3 Å². The number of amides is 1. The number of hydrogen-bond acceptors (Lipinski definition) is 4. The Morgan fingerprint density at radius 2 is 2.25 bits per heavy atom. The van der Waals surface area contributed by atoms with Crippen molar-refractivity contribution in [2.24, 2.45) is 0 Å². The highest BCUT2D eigenvalue weighted by atomic mass is 16.1. The maximum absolute atomic E-state index is 12.0. The van der Waals surface area contributed by atoms with Crippen LogP contribution in [-0.4, -0.2) is 71.8 Å². The van der Waals surface area contributed by atoms with Gasteiger partial charge in [-0.3, -0.25) is 9.48 Å². The van der Waals surface area contributed by atoms with Gasteiger partial charge in [0.25, 0.3) is 0 Å². The van der Waals surface area contributed by atoms with Gasteiger partial charge in [-0.25, -0.2) is 0 Å². The van der Waals surface area contributed by atoms with Crippen LogP contribution in [0.1, 0.15) is 12.1 Å². The Kier molecular flexibility index (Phi) is 5.14. The van der Waals surface area contributed by atoms with Gasteiger partial charge in [0, 0.05) is 44.8 Å². The van der Waals surface area contributed by atoms with E-state index in [-0.39, 0.29) is 5.91 Å². The van der Waals surface area contributed by atoms with E-state index in [1.165, 1.54) is 0 Å². The second-order valence-corrected chi connectivity index (χ2v) is 5.67. The molecule has 2 rings (SSSR count). The summed E-state index contributed by atoms with van der Waals surface area (Å²) >= 11 is 0. The third-order valence-corrected chi connectivity index (χ3v) is 3.84. The van der Waals surface area contributed by atoms with Crippen LogP contribution in [0, 0.1) is 6.92 Å². The summed E-state index contributed by atoms with van der Waals surface area (Å²) in [6.45, 7) is 6.38. The Balaban J connectivity index is 1.69. The number of carbonyl (C=O) groups is 1. The van der Waals surface area contributed by atoms with Crippen LogP contribution in [0.25, 0.3) is 0 Å². The largest absolute Gasteiger partial charge is 0.354 e. The normalized spacial score (nSPS) is 21.1. The highest BCUT2D eigenvalue weighted by Crippen LogP contribution is 2.09. The quantitative estimate of drug-likeness (QED) is 0.821. The molecule has 1 atom stereocenters. The summed E-state index contributed by atoms with van der Waals surface area (Å²) in [6, 6.07) is 2.29. The Morgan fingerprint density at radius 1 is 1.45 bits per heavy atom. The summed E-state index contributed by atoms with van der Waals surface area (Å²) in [7, 11) is 4.20. The van der Waals surface area contributed by atoms with Crippen molar-refractivity contribution in [3.63, 3.8) is 0 Å². The standard InChI is InChI=1S/C14H25N5O/c1-12-4-6-19(16-12)7-5-15-14(20)10-13-11-17(2)8-9-18(13)3/h4,6,13H,5,7-11H2,1-3H3,(H,15,20). The van der Waals surface area contributed by atoms with Gasteiger partial charge in [-0.2, -0.15) is 5.10 Å². The molecule has 2 heterocycles. The minimum Gasteiger partial charge on any atom is -0.354 e. The molecule has 1 aliphatic heterocycles. The molecule has 6 nitrogen and oxygen atoms in total. The lowest BCUT2D eigenvalue weighted by molar-refractivity contribution is -0.122. The molecule has 1 fully saturated rings. The second kappa shape index (κ2) is 6.85. The molecule has 6 heteroatoms. The molecule has 1 aromatic rings. The highest BCUT2D eigenvalue weighted by Gasteiger charge is 2.24. The number of nitrogens with one attached hydrogen (secondary N) is 1. The molecule has 0 radical (unpaired) electrons. The number of likely N-dealkylation sites (N-methyl/N-ethyl adjacent to an activating group) is 2. The summed E-state index contributed by atoms with van der Waals surface area (Å²) in [6.07, 6.45) is 2.50. The molecule has 0 saturated carbocycles. The molecule has 0 aliphatic carbocycles. The third kappa shape index (κ3) is 4.31. The van der Waals surface area contributed by atoms with Crippen LogP contribution in [0.2, 0.25) is 0 Å². The van der Waals surface area contributed by atoms with Crippen LogP contribution < -0.4 is 5.32 Å². The van der Waals surface area contributed by atoms with Gasteiger partial charge in [-0.1, -0.05) is 0 Å². The summed E-state index contributed by atoms with van der Waals surface area (Å²) in [5.74, 6) is 0.126. The average molecular weight is 279 g/mol. The van der Waals surface area contributed by atoms with E-state index in [1.807, 2.05) is 23.9 Å². The maximum atomic E-state index is 12.0. The molecule has 20 heavy (non-hydrogen) atoms. The Morgan fingerprint density at radius 3 is 2.95 bits per heavy atom. The van der Waals surface area contributed by atoms with Gasteiger partial charge in [0.15, 0.2) is 0 Å². The van der Waals surface area contributed by atoms with Crippen LogP contribution in [0.4, 0.5) is 0 Å². The molecule has 1 N–H and O–H groups in total.